The number of carbonyl (C=O) groups is 1. The monoisotopic (exact) mass is 452 g/mol. The molecule has 2 nitrogen and oxygen atoms in total. The molecule has 0 radical (unpaired) electrons. The minimum Gasteiger partial charge on any atom is -0.395 e. The molecule has 3 unspecified atom stereocenters. The van der Waals surface area contributed by atoms with Crippen LogP contribution in [0.3, 0.4) is 0 Å². The number of rotatable bonds is 7. The first-order valence-electron chi connectivity index (χ1n) is 7.94. The van der Waals surface area contributed by atoms with Crippen molar-refractivity contribution in [2.75, 3.05) is 0 Å². The highest BCUT2D eigenvalue weighted by molar-refractivity contribution is 5.81. The molecule has 0 amide bonds. The van der Waals surface area contributed by atoms with Gasteiger partial charge in [0.15, 0.2) is 6.17 Å². The Morgan fingerprint density at radius 3 is 1.93 bits per heavy atom. The van der Waals surface area contributed by atoms with Gasteiger partial charge in [-0.3, -0.25) is 4.79 Å². The van der Waals surface area contributed by atoms with E-state index in [0.717, 1.165) is 6.08 Å². The number of ether oxygens (including phenoxy) is 1. The van der Waals surface area contributed by atoms with Gasteiger partial charge in [0.1, 0.15) is 0 Å². The van der Waals surface area contributed by atoms with Crippen molar-refractivity contribution in [1.82, 2.24) is 0 Å². The first-order chi connectivity index (χ1) is 12.8. The highest BCUT2D eigenvalue weighted by atomic mass is 19.4. The summed E-state index contributed by atoms with van der Waals surface area (Å²) in [5.41, 5.74) is -1.83. The summed E-state index contributed by atoms with van der Waals surface area (Å²) in [6.07, 6.45) is -18.3. The van der Waals surface area contributed by atoms with E-state index in [2.05, 4.69) is 4.74 Å². The molecule has 2 rings (SSSR count). The van der Waals surface area contributed by atoms with Gasteiger partial charge in [-0.2, -0.15) is 48.3 Å². The van der Waals surface area contributed by atoms with Crippen LogP contribution in [0.1, 0.15) is 25.7 Å². The second-order valence-electron chi connectivity index (χ2n) is 6.98. The Balaban J connectivity index is 2.27. The van der Waals surface area contributed by atoms with Crippen molar-refractivity contribution in [3.05, 3.63) is 12.2 Å². The Morgan fingerprint density at radius 1 is 1.00 bits per heavy atom. The van der Waals surface area contributed by atoms with Crippen molar-refractivity contribution >= 4 is 5.97 Å². The molecule has 0 aromatic rings. The molecule has 168 valence electrons. The molecule has 0 spiro atoms. The van der Waals surface area contributed by atoms with Gasteiger partial charge >= 0.3 is 36.0 Å². The SMILES string of the molecule is O=C(OC(F)(F)C(F)(F)C(F)(F)C(F)(F)C(F)CC(F)(F)F)C12C=CC(CC1)C2. The fourth-order valence-electron chi connectivity index (χ4n) is 3.21. The quantitative estimate of drug-likeness (QED) is 0.283. The molecule has 0 N–H and O–H groups in total. The molecule has 0 aliphatic heterocycles. The highest BCUT2D eigenvalue weighted by Gasteiger charge is 2.84. The van der Waals surface area contributed by atoms with E-state index in [-0.39, 0.29) is 25.2 Å². The number of alkyl halides is 12. The van der Waals surface area contributed by atoms with Gasteiger partial charge in [-0.05, 0) is 25.2 Å². The standard InChI is InChI=1S/C15H12F12O2/c16-8(6-11(17,18)19)12(20,21)13(22,23)14(24,25)15(26,27)29-9(28)10-3-1-7(5-10)2-4-10/h1,3,7-8H,2,4-6H2. The van der Waals surface area contributed by atoms with E-state index in [4.69, 9.17) is 0 Å². The van der Waals surface area contributed by atoms with Gasteiger partial charge in [0.2, 0.25) is 0 Å². The number of hydrogen-bond acceptors (Lipinski definition) is 2. The van der Waals surface area contributed by atoms with Crippen molar-refractivity contribution in [3.63, 3.8) is 0 Å². The third-order valence-electron chi connectivity index (χ3n) is 4.89. The van der Waals surface area contributed by atoms with E-state index in [0.29, 0.717) is 0 Å². The molecule has 29 heavy (non-hydrogen) atoms. The zero-order valence-electron chi connectivity index (χ0n) is 14.0. The summed E-state index contributed by atoms with van der Waals surface area (Å²) < 4.78 is 160. The minimum atomic E-state index is -7.34. The lowest BCUT2D eigenvalue weighted by atomic mass is 9.88. The van der Waals surface area contributed by atoms with Crippen LogP contribution >= 0.6 is 0 Å². The minimum absolute atomic E-state index is 0.153. The summed E-state index contributed by atoms with van der Waals surface area (Å²) in [6, 6.07) is 0. The molecule has 2 bridgehead atoms. The number of fused-ring (bicyclic) bond motifs is 2. The lowest BCUT2D eigenvalue weighted by Gasteiger charge is -2.37. The van der Waals surface area contributed by atoms with Crippen molar-refractivity contribution < 1.29 is 62.2 Å². The summed E-state index contributed by atoms with van der Waals surface area (Å²) in [5.74, 6) is -23.8. The third kappa shape index (κ3) is 3.78. The Morgan fingerprint density at radius 2 is 1.55 bits per heavy atom. The fourth-order valence-corrected chi connectivity index (χ4v) is 3.21. The Bertz CT molecular complexity index is 683. The molecule has 3 atom stereocenters. The van der Waals surface area contributed by atoms with Gasteiger partial charge in [-0.25, -0.2) is 4.39 Å². The zero-order valence-corrected chi connectivity index (χ0v) is 14.0. The van der Waals surface area contributed by atoms with Crippen LogP contribution < -0.4 is 0 Å². The zero-order chi connectivity index (χ0) is 22.7. The number of halogens is 12. The lowest BCUT2D eigenvalue weighted by Crippen LogP contribution is -2.66. The first-order valence-corrected chi connectivity index (χ1v) is 7.94. The van der Waals surface area contributed by atoms with E-state index in [1.807, 2.05) is 0 Å². The van der Waals surface area contributed by atoms with Crippen LogP contribution in [0.25, 0.3) is 0 Å². The van der Waals surface area contributed by atoms with Crippen molar-refractivity contribution in [2.45, 2.75) is 61.9 Å². The molecule has 1 fully saturated rings. The predicted octanol–water partition coefficient (Wildman–Crippen LogP) is 5.68. The smallest absolute Gasteiger partial charge is 0.395 e. The van der Waals surface area contributed by atoms with Gasteiger partial charge in [0.05, 0.1) is 11.8 Å². The van der Waals surface area contributed by atoms with Gasteiger partial charge in [0.25, 0.3) is 0 Å². The summed E-state index contributed by atoms with van der Waals surface area (Å²) >= 11 is 0. The molecule has 2 aliphatic carbocycles. The van der Waals surface area contributed by atoms with Crippen LogP contribution in [0, 0.1) is 11.3 Å². The summed E-state index contributed by atoms with van der Waals surface area (Å²) in [6.45, 7) is 0. The Kier molecular flexibility index (Phi) is 5.45. The first kappa shape index (κ1) is 23.6. The predicted molar refractivity (Wildman–Crippen MR) is 70.4 cm³/mol. The third-order valence-corrected chi connectivity index (χ3v) is 4.89. The molecule has 14 heteroatoms. The maximum atomic E-state index is 13.7. The van der Waals surface area contributed by atoms with E-state index in [1.165, 1.54) is 6.08 Å². The van der Waals surface area contributed by atoms with Crippen molar-refractivity contribution in [3.8, 4) is 0 Å². The number of carbonyl (C=O) groups excluding carboxylic acids is 1. The molecule has 2 aliphatic rings. The van der Waals surface area contributed by atoms with Crippen LogP contribution in [-0.2, 0) is 9.53 Å². The second kappa shape index (κ2) is 6.69. The largest absolute Gasteiger partial charge is 0.473 e. The van der Waals surface area contributed by atoms with E-state index < -0.39 is 54.0 Å². The van der Waals surface area contributed by atoms with Crippen LogP contribution in [-0.4, -0.2) is 42.2 Å². The summed E-state index contributed by atoms with van der Waals surface area (Å²) in [4.78, 5) is 11.8. The average Bonchev–Trinajstić information content (AvgIpc) is 3.14. The fraction of sp³-hybridized carbons (Fsp3) is 0.800. The molecule has 0 heterocycles. The molecule has 1 saturated carbocycles. The van der Waals surface area contributed by atoms with Crippen LogP contribution in [0.4, 0.5) is 52.7 Å². The van der Waals surface area contributed by atoms with Crippen molar-refractivity contribution in [1.29, 1.82) is 0 Å². The summed E-state index contributed by atoms with van der Waals surface area (Å²) in [5, 5.41) is 0. The lowest BCUT2D eigenvalue weighted by molar-refractivity contribution is -0.424. The highest BCUT2D eigenvalue weighted by Crippen LogP contribution is 2.57. The second-order valence-corrected chi connectivity index (χ2v) is 6.98. The van der Waals surface area contributed by atoms with Gasteiger partial charge in [-0.15, -0.1) is 0 Å². The van der Waals surface area contributed by atoms with Crippen LogP contribution in [0.5, 0.6) is 0 Å². The summed E-state index contributed by atoms with van der Waals surface area (Å²) in [7, 11) is 0. The normalized spacial score (nSPS) is 26.7. The molecule has 0 saturated heterocycles. The van der Waals surface area contributed by atoms with E-state index in [1.54, 1.807) is 0 Å². The maximum absolute atomic E-state index is 13.7. The molecular weight excluding hydrogens is 440 g/mol. The van der Waals surface area contributed by atoms with Crippen molar-refractivity contribution in [2.24, 2.45) is 11.3 Å². The molecule has 0 aromatic heterocycles. The molecule has 0 aromatic carbocycles. The Hall–Kier alpha value is -1.63. The Labute approximate surface area is 154 Å². The topological polar surface area (TPSA) is 26.3 Å². The van der Waals surface area contributed by atoms with E-state index >= 15 is 0 Å². The number of allylic oxidation sites excluding steroid dienone is 1. The van der Waals surface area contributed by atoms with E-state index in [9.17, 15) is 57.5 Å². The maximum Gasteiger partial charge on any atom is 0.473 e. The van der Waals surface area contributed by atoms with Crippen LogP contribution in [0.15, 0.2) is 12.2 Å². The van der Waals surface area contributed by atoms with Gasteiger partial charge in [0, 0.05) is 0 Å². The molecular formula is C15H12F12O2. The number of esters is 1. The van der Waals surface area contributed by atoms with Gasteiger partial charge < -0.3 is 4.74 Å². The van der Waals surface area contributed by atoms with Gasteiger partial charge in [-0.1, -0.05) is 12.2 Å². The van der Waals surface area contributed by atoms with Crippen LogP contribution in [0.2, 0.25) is 0 Å². The average molecular weight is 452 g/mol. The number of hydrogen-bond donors (Lipinski definition) is 0.